The Bertz CT molecular complexity index is 1170. The van der Waals surface area contributed by atoms with Crippen LogP contribution in [0.3, 0.4) is 0 Å². The highest BCUT2D eigenvalue weighted by atomic mass is 16.5. The monoisotopic (exact) mass is 377 g/mol. The Morgan fingerprint density at radius 3 is 2.54 bits per heavy atom. The van der Waals surface area contributed by atoms with Crippen LogP contribution in [0.25, 0.3) is 21.8 Å². The molecule has 7 heteroatoms. The molecule has 1 atom stereocenters. The van der Waals surface area contributed by atoms with Crippen LogP contribution in [-0.4, -0.2) is 28.8 Å². The van der Waals surface area contributed by atoms with Crippen molar-refractivity contribution in [3.8, 4) is 11.5 Å². The second kappa shape index (κ2) is 6.92. The van der Waals surface area contributed by atoms with Crippen molar-refractivity contribution in [3.63, 3.8) is 0 Å². The summed E-state index contributed by atoms with van der Waals surface area (Å²) in [6.07, 6.45) is 2.06. The zero-order chi connectivity index (χ0) is 19.8. The molecule has 3 N–H and O–H groups in total. The molecule has 0 radical (unpaired) electrons. The predicted octanol–water partition coefficient (Wildman–Crippen LogP) is 3.89. The van der Waals surface area contributed by atoms with Crippen molar-refractivity contribution in [2.24, 2.45) is 7.05 Å². The molecule has 0 aliphatic carbocycles. The number of methoxy groups -OCH3 is 2. The zero-order valence-electron chi connectivity index (χ0n) is 16.4. The average Bonchev–Trinajstić information content (AvgIpc) is 3.07. The van der Waals surface area contributed by atoms with E-state index in [0.717, 1.165) is 10.9 Å². The van der Waals surface area contributed by atoms with Crippen LogP contribution >= 0.6 is 0 Å². The molecule has 2 aromatic heterocycles. The summed E-state index contributed by atoms with van der Waals surface area (Å²) in [4.78, 5) is 9.03. The average molecular weight is 377 g/mol. The SMILES string of the molecule is COc1cc2nc(NC(C)c3ccc4ccn(C)c4c3)nc(N)c2cc1OC. The first kappa shape index (κ1) is 17.9. The molecule has 7 nitrogen and oxygen atoms in total. The molecule has 0 fully saturated rings. The lowest BCUT2D eigenvalue weighted by atomic mass is 10.1. The number of nitrogens with zero attached hydrogens (tertiary/aromatic N) is 3. The van der Waals surface area contributed by atoms with Gasteiger partial charge in [-0.15, -0.1) is 0 Å². The summed E-state index contributed by atoms with van der Waals surface area (Å²) in [5.41, 5.74) is 9.19. The van der Waals surface area contributed by atoms with Crippen molar-refractivity contribution < 1.29 is 9.47 Å². The zero-order valence-corrected chi connectivity index (χ0v) is 16.4. The number of nitrogen functional groups attached to an aromatic ring is 1. The number of aryl methyl sites for hydroxylation is 1. The van der Waals surface area contributed by atoms with Gasteiger partial charge < -0.3 is 25.1 Å². The Hall–Kier alpha value is -3.48. The number of benzene rings is 2. The van der Waals surface area contributed by atoms with E-state index in [1.807, 2.05) is 7.05 Å². The van der Waals surface area contributed by atoms with Gasteiger partial charge in [-0.25, -0.2) is 4.98 Å². The van der Waals surface area contributed by atoms with Crippen LogP contribution in [0, 0.1) is 0 Å². The number of hydrogen-bond donors (Lipinski definition) is 2. The molecule has 28 heavy (non-hydrogen) atoms. The molecule has 0 aliphatic heterocycles. The minimum atomic E-state index is 0.0105. The summed E-state index contributed by atoms with van der Waals surface area (Å²) in [6, 6.07) is 12.1. The minimum Gasteiger partial charge on any atom is -0.493 e. The third-order valence-corrected chi connectivity index (χ3v) is 4.99. The minimum absolute atomic E-state index is 0.0105. The second-order valence-corrected chi connectivity index (χ2v) is 6.77. The highest BCUT2D eigenvalue weighted by molar-refractivity contribution is 5.91. The van der Waals surface area contributed by atoms with E-state index in [0.29, 0.717) is 28.8 Å². The van der Waals surface area contributed by atoms with Gasteiger partial charge in [0.2, 0.25) is 5.95 Å². The van der Waals surface area contributed by atoms with Gasteiger partial charge in [-0.2, -0.15) is 4.98 Å². The molecule has 0 saturated heterocycles. The fourth-order valence-corrected chi connectivity index (χ4v) is 3.37. The summed E-state index contributed by atoms with van der Waals surface area (Å²) >= 11 is 0. The first-order valence-corrected chi connectivity index (χ1v) is 9.01. The van der Waals surface area contributed by atoms with Gasteiger partial charge in [-0.05, 0) is 36.1 Å². The third kappa shape index (κ3) is 3.05. The van der Waals surface area contributed by atoms with Crippen LogP contribution in [-0.2, 0) is 7.05 Å². The molecule has 0 aliphatic rings. The van der Waals surface area contributed by atoms with Crippen LogP contribution in [0.2, 0.25) is 0 Å². The van der Waals surface area contributed by atoms with E-state index in [-0.39, 0.29) is 6.04 Å². The van der Waals surface area contributed by atoms with E-state index in [9.17, 15) is 0 Å². The number of anilines is 2. The van der Waals surface area contributed by atoms with Gasteiger partial charge >= 0.3 is 0 Å². The van der Waals surface area contributed by atoms with Crippen LogP contribution in [0.15, 0.2) is 42.6 Å². The Balaban J connectivity index is 1.68. The van der Waals surface area contributed by atoms with Gasteiger partial charge in [0.05, 0.1) is 25.8 Å². The smallest absolute Gasteiger partial charge is 0.225 e. The van der Waals surface area contributed by atoms with E-state index in [1.165, 1.54) is 10.9 Å². The van der Waals surface area contributed by atoms with Crippen molar-refractivity contribution in [2.75, 3.05) is 25.3 Å². The summed E-state index contributed by atoms with van der Waals surface area (Å²) in [5, 5.41) is 5.29. The molecule has 0 spiro atoms. The van der Waals surface area contributed by atoms with Crippen molar-refractivity contribution in [1.82, 2.24) is 14.5 Å². The van der Waals surface area contributed by atoms with Crippen LogP contribution in [0.5, 0.6) is 11.5 Å². The van der Waals surface area contributed by atoms with Gasteiger partial charge in [-0.1, -0.05) is 12.1 Å². The molecule has 2 heterocycles. The molecule has 2 aromatic carbocycles. The number of aromatic nitrogens is 3. The largest absolute Gasteiger partial charge is 0.493 e. The maximum Gasteiger partial charge on any atom is 0.225 e. The topological polar surface area (TPSA) is 87.2 Å². The molecule has 4 rings (SSSR count). The quantitative estimate of drug-likeness (QED) is 0.549. The van der Waals surface area contributed by atoms with Crippen LogP contribution in [0.4, 0.5) is 11.8 Å². The Kier molecular flexibility index (Phi) is 4.43. The lowest BCUT2D eigenvalue weighted by molar-refractivity contribution is 0.356. The first-order chi connectivity index (χ1) is 13.5. The fourth-order valence-electron chi connectivity index (χ4n) is 3.37. The normalized spacial score (nSPS) is 12.3. The van der Waals surface area contributed by atoms with Gasteiger partial charge in [-0.3, -0.25) is 0 Å². The third-order valence-electron chi connectivity index (χ3n) is 4.99. The lowest BCUT2D eigenvalue weighted by Crippen LogP contribution is -2.11. The van der Waals surface area contributed by atoms with Crippen molar-refractivity contribution in [2.45, 2.75) is 13.0 Å². The highest BCUT2D eigenvalue weighted by Gasteiger charge is 2.14. The van der Waals surface area contributed by atoms with Crippen LogP contribution < -0.4 is 20.5 Å². The number of nitrogens with one attached hydrogen (secondary N) is 1. The molecule has 0 bridgehead atoms. The predicted molar refractivity (Wildman–Crippen MR) is 112 cm³/mol. The van der Waals surface area contributed by atoms with E-state index >= 15 is 0 Å². The molecule has 4 aromatic rings. The summed E-state index contributed by atoms with van der Waals surface area (Å²) < 4.78 is 12.8. The summed E-state index contributed by atoms with van der Waals surface area (Å²) in [6.45, 7) is 2.07. The summed E-state index contributed by atoms with van der Waals surface area (Å²) in [7, 11) is 5.22. The molecular formula is C21H23N5O2. The van der Waals surface area contributed by atoms with Crippen LogP contribution in [0.1, 0.15) is 18.5 Å². The second-order valence-electron chi connectivity index (χ2n) is 6.77. The first-order valence-electron chi connectivity index (χ1n) is 9.01. The Morgan fingerprint density at radius 2 is 1.79 bits per heavy atom. The van der Waals surface area contributed by atoms with Crippen molar-refractivity contribution in [1.29, 1.82) is 0 Å². The van der Waals surface area contributed by atoms with E-state index in [4.69, 9.17) is 15.2 Å². The van der Waals surface area contributed by atoms with Crippen molar-refractivity contribution in [3.05, 3.63) is 48.2 Å². The number of hydrogen-bond acceptors (Lipinski definition) is 6. The van der Waals surface area contributed by atoms with Crippen molar-refractivity contribution >= 4 is 33.6 Å². The molecule has 1 unspecified atom stereocenters. The maximum absolute atomic E-state index is 6.18. The highest BCUT2D eigenvalue weighted by Crippen LogP contribution is 2.34. The standard InChI is InChI=1S/C21H23N5O2/c1-12(14-6-5-13-7-8-26(2)17(13)9-14)23-21-24-16-11-19(28-4)18(27-3)10-15(16)20(22)25-21/h5-12H,1-4H3,(H3,22,23,24,25). The number of rotatable bonds is 5. The van der Waals surface area contributed by atoms with Gasteiger partial charge in [0.1, 0.15) is 5.82 Å². The Labute approximate surface area is 163 Å². The number of ether oxygens (including phenoxy) is 2. The molecule has 144 valence electrons. The number of fused-ring (bicyclic) bond motifs is 2. The number of nitrogens with two attached hydrogens (primary N) is 1. The van der Waals surface area contributed by atoms with E-state index < -0.39 is 0 Å². The Morgan fingerprint density at radius 1 is 1.04 bits per heavy atom. The van der Waals surface area contributed by atoms with Gasteiger partial charge in [0, 0.05) is 30.2 Å². The van der Waals surface area contributed by atoms with E-state index in [2.05, 4.69) is 57.2 Å². The summed E-state index contributed by atoms with van der Waals surface area (Å²) in [5.74, 6) is 2.05. The lowest BCUT2D eigenvalue weighted by Gasteiger charge is -2.16. The molecule has 0 saturated carbocycles. The molecule has 0 amide bonds. The molecular weight excluding hydrogens is 354 g/mol. The van der Waals surface area contributed by atoms with Gasteiger partial charge in [0.25, 0.3) is 0 Å². The van der Waals surface area contributed by atoms with Gasteiger partial charge in [0.15, 0.2) is 11.5 Å². The van der Waals surface area contributed by atoms with E-state index in [1.54, 1.807) is 26.4 Å². The fraction of sp³-hybridized carbons (Fsp3) is 0.238. The maximum atomic E-state index is 6.18.